The highest BCUT2D eigenvalue weighted by molar-refractivity contribution is 9.10. The van der Waals surface area contributed by atoms with Crippen molar-refractivity contribution in [2.75, 3.05) is 0 Å². The smallest absolute Gasteiger partial charge is 0.180 e. The van der Waals surface area contributed by atoms with Gasteiger partial charge in [0.2, 0.25) is 0 Å². The van der Waals surface area contributed by atoms with Gasteiger partial charge in [0.1, 0.15) is 17.2 Å². The molecule has 0 fully saturated rings. The zero-order chi connectivity index (χ0) is 12.4. The van der Waals surface area contributed by atoms with Gasteiger partial charge in [-0.2, -0.15) is 0 Å². The van der Waals surface area contributed by atoms with E-state index in [4.69, 9.17) is 11.6 Å². The fraction of sp³-hybridized carbons (Fsp3) is 0.273. The van der Waals surface area contributed by atoms with E-state index in [-0.39, 0.29) is 5.92 Å². The molecule has 0 saturated carbocycles. The van der Waals surface area contributed by atoms with Gasteiger partial charge in [-0.1, -0.05) is 25.4 Å². The number of aromatic nitrogens is 4. The first-order valence-corrected chi connectivity index (χ1v) is 6.26. The minimum Gasteiger partial charge on any atom is -0.245 e. The van der Waals surface area contributed by atoms with Crippen molar-refractivity contribution in [2.45, 2.75) is 19.8 Å². The number of rotatable bonds is 2. The zero-order valence-electron chi connectivity index (χ0n) is 9.35. The Morgan fingerprint density at radius 1 is 1.29 bits per heavy atom. The zero-order valence-corrected chi connectivity index (χ0v) is 11.7. The molecule has 2 rings (SSSR count). The lowest BCUT2D eigenvalue weighted by Gasteiger charge is -2.10. The number of halogens is 2. The normalized spacial score (nSPS) is 10.9. The summed E-state index contributed by atoms with van der Waals surface area (Å²) in [5.74, 6) is 0.773. The second-order valence-electron chi connectivity index (χ2n) is 3.79. The van der Waals surface area contributed by atoms with Crippen molar-refractivity contribution in [1.82, 2.24) is 19.9 Å². The lowest BCUT2D eigenvalue weighted by molar-refractivity contribution is 0.808. The molecular formula is C11H10BrClN4. The first kappa shape index (κ1) is 12.4. The molecule has 4 nitrogen and oxygen atoms in total. The molecular weight excluding hydrogens is 304 g/mol. The molecule has 0 aliphatic carbocycles. The van der Waals surface area contributed by atoms with Crippen molar-refractivity contribution < 1.29 is 0 Å². The Labute approximate surface area is 113 Å². The van der Waals surface area contributed by atoms with E-state index in [1.807, 2.05) is 13.8 Å². The standard InChI is InChI=1S/C11H10BrClN4/c1-6(2)9-8(12)10(13)17-11(16-9)7-3-4-14-5-15-7/h3-6H,1-2H3. The first-order valence-electron chi connectivity index (χ1n) is 5.09. The maximum absolute atomic E-state index is 6.07. The van der Waals surface area contributed by atoms with Crippen molar-refractivity contribution in [3.8, 4) is 11.5 Å². The molecule has 2 heterocycles. The van der Waals surface area contributed by atoms with Crippen LogP contribution in [-0.4, -0.2) is 19.9 Å². The summed E-state index contributed by atoms with van der Waals surface area (Å²) in [5.41, 5.74) is 1.54. The van der Waals surface area contributed by atoms with E-state index in [0.29, 0.717) is 16.7 Å². The van der Waals surface area contributed by atoms with Crippen molar-refractivity contribution >= 4 is 27.5 Å². The Morgan fingerprint density at radius 3 is 2.65 bits per heavy atom. The Morgan fingerprint density at radius 2 is 2.06 bits per heavy atom. The van der Waals surface area contributed by atoms with E-state index in [9.17, 15) is 0 Å². The maximum Gasteiger partial charge on any atom is 0.180 e. The third-order valence-corrected chi connectivity index (χ3v) is 3.48. The monoisotopic (exact) mass is 312 g/mol. The van der Waals surface area contributed by atoms with Gasteiger partial charge in [0.15, 0.2) is 5.82 Å². The highest BCUT2D eigenvalue weighted by atomic mass is 79.9. The first-order chi connectivity index (χ1) is 8.09. The van der Waals surface area contributed by atoms with Gasteiger partial charge in [-0.3, -0.25) is 0 Å². The van der Waals surface area contributed by atoms with Crippen LogP contribution in [0.25, 0.3) is 11.5 Å². The highest BCUT2D eigenvalue weighted by Crippen LogP contribution is 2.30. The van der Waals surface area contributed by atoms with Crippen molar-refractivity contribution in [3.05, 3.63) is 33.9 Å². The molecule has 0 atom stereocenters. The molecule has 0 unspecified atom stereocenters. The molecule has 17 heavy (non-hydrogen) atoms. The molecule has 2 aromatic rings. The van der Waals surface area contributed by atoms with Gasteiger partial charge in [0.05, 0.1) is 10.2 Å². The van der Waals surface area contributed by atoms with Crippen molar-refractivity contribution in [1.29, 1.82) is 0 Å². The summed E-state index contributed by atoms with van der Waals surface area (Å²) >= 11 is 9.47. The van der Waals surface area contributed by atoms with Gasteiger partial charge in [-0.15, -0.1) is 0 Å². The second kappa shape index (κ2) is 5.06. The van der Waals surface area contributed by atoms with Crippen LogP contribution in [0.15, 0.2) is 23.1 Å². The second-order valence-corrected chi connectivity index (χ2v) is 4.94. The fourth-order valence-corrected chi connectivity index (χ4v) is 2.17. The Bertz CT molecular complexity index is 530. The summed E-state index contributed by atoms with van der Waals surface area (Å²) in [6, 6.07) is 1.75. The van der Waals surface area contributed by atoms with Crippen LogP contribution in [-0.2, 0) is 0 Å². The third-order valence-electron chi connectivity index (χ3n) is 2.19. The van der Waals surface area contributed by atoms with Gasteiger partial charge in [0.25, 0.3) is 0 Å². The number of hydrogen-bond donors (Lipinski definition) is 0. The SMILES string of the molecule is CC(C)c1nc(-c2ccncn2)nc(Cl)c1Br. The highest BCUT2D eigenvalue weighted by Gasteiger charge is 2.14. The average molecular weight is 314 g/mol. The van der Waals surface area contributed by atoms with Gasteiger partial charge in [-0.25, -0.2) is 19.9 Å². The molecule has 88 valence electrons. The van der Waals surface area contributed by atoms with E-state index < -0.39 is 0 Å². The molecule has 0 radical (unpaired) electrons. The van der Waals surface area contributed by atoms with Crippen molar-refractivity contribution in [3.63, 3.8) is 0 Å². The van der Waals surface area contributed by atoms with Gasteiger partial charge in [0, 0.05) is 6.20 Å². The molecule has 0 aliphatic rings. The average Bonchev–Trinajstić information content (AvgIpc) is 2.33. The third kappa shape index (κ3) is 2.61. The predicted molar refractivity (Wildman–Crippen MR) is 69.9 cm³/mol. The van der Waals surface area contributed by atoms with Gasteiger partial charge < -0.3 is 0 Å². The summed E-state index contributed by atoms with van der Waals surface area (Å²) in [6.07, 6.45) is 3.11. The molecule has 0 saturated heterocycles. The molecule has 0 aliphatic heterocycles. The molecule has 0 aromatic carbocycles. The molecule has 2 aromatic heterocycles. The summed E-state index contributed by atoms with van der Waals surface area (Å²) in [4.78, 5) is 16.6. The summed E-state index contributed by atoms with van der Waals surface area (Å²) < 4.78 is 0.743. The van der Waals surface area contributed by atoms with E-state index >= 15 is 0 Å². The minimum absolute atomic E-state index is 0.255. The Hall–Kier alpha value is -1.07. The van der Waals surface area contributed by atoms with E-state index in [0.717, 1.165) is 10.2 Å². The summed E-state index contributed by atoms with van der Waals surface area (Å²) in [7, 11) is 0. The number of nitrogens with zero attached hydrogens (tertiary/aromatic N) is 4. The molecule has 6 heteroatoms. The molecule has 0 amide bonds. The Balaban J connectivity index is 2.57. The lowest BCUT2D eigenvalue weighted by atomic mass is 10.1. The summed E-state index contributed by atoms with van der Waals surface area (Å²) in [5, 5.41) is 0.400. The van der Waals surface area contributed by atoms with Gasteiger partial charge >= 0.3 is 0 Å². The van der Waals surface area contributed by atoms with Crippen LogP contribution < -0.4 is 0 Å². The summed E-state index contributed by atoms with van der Waals surface area (Å²) in [6.45, 7) is 4.10. The number of hydrogen-bond acceptors (Lipinski definition) is 4. The topological polar surface area (TPSA) is 51.6 Å². The minimum atomic E-state index is 0.255. The molecule has 0 N–H and O–H groups in total. The molecule has 0 spiro atoms. The van der Waals surface area contributed by atoms with Crippen LogP contribution in [0, 0.1) is 0 Å². The van der Waals surface area contributed by atoms with Gasteiger partial charge in [-0.05, 0) is 27.9 Å². The van der Waals surface area contributed by atoms with E-state index in [1.165, 1.54) is 6.33 Å². The maximum atomic E-state index is 6.07. The quantitative estimate of drug-likeness (QED) is 0.797. The molecule has 0 bridgehead atoms. The van der Waals surface area contributed by atoms with Crippen LogP contribution in [0.2, 0.25) is 5.15 Å². The van der Waals surface area contributed by atoms with E-state index in [2.05, 4.69) is 35.9 Å². The van der Waals surface area contributed by atoms with E-state index in [1.54, 1.807) is 12.3 Å². The lowest BCUT2D eigenvalue weighted by Crippen LogP contribution is -2.01. The van der Waals surface area contributed by atoms with Crippen LogP contribution in [0.1, 0.15) is 25.5 Å². The predicted octanol–water partition coefficient (Wildman–Crippen LogP) is 3.47. The Kier molecular flexibility index (Phi) is 3.69. The van der Waals surface area contributed by atoms with Crippen LogP contribution in [0.5, 0.6) is 0 Å². The largest absolute Gasteiger partial charge is 0.245 e. The van der Waals surface area contributed by atoms with Crippen LogP contribution in [0.3, 0.4) is 0 Å². The van der Waals surface area contributed by atoms with Crippen LogP contribution >= 0.6 is 27.5 Å². The fourth-order valence-electron chi connectivity index (χ4n) is 1.36. The van der Waals surface area contributed by atoms with Crippen molar-refractivity contribution in [2.24, 2.45) is 0 Å². The van der Waals surface area contributed by atoms with Crippen LogP contribution in [0.4, 0.5) is 0 Å².